The van der Waals surface area contributed by atoms with E-state index in [-0.39, 0.29) is 0 Å². The predicted octanol–water partition coefficient (Wildman–Crippen LogP) is 5.32. The van der Waals surface area contributed by atoms with Crippen LogP contribution in [0.1, 0.15) is 23.8 Å². The van der Waals surface area contributed by atoms with Gasteiger partial charge >= 0.3 is 0 Å². The van der Waals surface area contributed by atoms with Gasteiger partial charge in [0.2, 0.25) is 0 Å². The Morgan fingerprint density at radius 1 is 1.25 bits per heavy atom. The summed E-state index contributed by atoms with van der Waals surface area (Å²) in [6, 6.07) is 12.9. The maximum Gasteiger partial charge on any atom is 0.0701 e. The Balaban J connectivity index is 2.02. The van der Waals surface area contributed by atoms with Crippen LogP contribution < -0.4 is 5.32 Å². The maximum atomic E-state index is 6.07. The molecule has 2 aromatic rings. The molecule has 1 nitrogen and oxygen atoms in total. The number of halogens is 2. The van der Waals surface area contributed by atoms with Crippen LogP contribution in [-0.2, 0) is 12.8 Å². The predicted molar refractivity (Wildman–Crippen MR) is 93.0 cm³/mol. The summed E-state index contributed by atoms with van der Waals surface area (Å²) < 4.78 is 1.20. The second kappa shape index (κ2) is 8.18. The number of thiophene rings is 1. The van der Waals surface area contributed by atoms with E-state index in [1.54, 1.807) is 0 Å². The largest absolute Gasteiger partial charge is 0.313 e. The lowest BCUT2D eigenvalue weighted by atomic mass is 10.0. The first-order chi connectivity index (χ1) is 9.67. The van der Waals surface area contributed by atoms with Crippen LogP contribution in [0.15, 0.2) is 40.2 Å². The van der Waals surface area contributed by atoms with Gasteiger partial charge in [-0.15, -0.1) is 11.3 Å². The van der Waals surface area contributed by atoms with Crippen LogP contribution in [0, 0.1) is 0 Å². The minimum absolute atomic E-state index is 0.457. The average Bonchev–Trinajstić information content (AvgIpc) is 2.81. The molecule has 4 heteroatoms. The number of nitrogens with one attached hydrogen (secondary N) is 1. The molecular formula is C16H19BrClNS. The minimum Gasteiger partial charge on any atom is -0.313 e. The molecule has 0 bridgehead atoms. The molecule has 0 aliphatic heterocycles. The van der Waals surface area contributed by atoms with Crippen molar-refractivity contribution < 1.29 is 0 Å². The third-order valence-electron chi connectivity index (χ3n) is 3.13. The summed E-state index contributed by atoms with van der Waals surface area (Å²) in [6.07, 6.45) is 3.22. The highest BCUT2D eigenvalue weighted by Crippen LogP contribution is 2.24. The zero-order chi connectivity index (χ0) is 14.4. The summed E-state index contributed by atoms with van der Waals surface area (Å²) in [6.45, 7) is 3.25. The first-order valence-electron chi connectivity index (χ1n) is 6.89. The van der Waals surface area contributed by atoms with Crippen molar-refractivity contribution >= 4 is 38.9 Å². The van der Waals surface area contributed by atoms with E-state index in [0.29, 0.717) is 6.04 Å². The van der Waals surface area contributed by atoms with Crippen LogP contribution in [0.5, 0.6) is 0 Å². The second-order valence-corrected chi connectivity index (χ2v) is 7.88. The Morgan fingerprint density at radius 3 is 2.75 bits per heavy atom. The van der Waals surface area contributed by atoms with Crippen LogP contribution in [0.25, 0.3) is 0 Å². The quantitative estimate of drug-likeness (QED) is 0.694. The van der Waals surface area contributed by atoms with Gasteiger partial charge in [-0.1, -0.05) is 30.7 Å². The summed E-state index contributed by atoms with van der Waals surface area (Å²) >= 11 is 11.4. The van der Waals surface area contributed by atoms with Gasteiger partial charge in [0.05, 0.1) is 3.79 Å². The topological polar surface area (TPSA) is 12.0 Å². The minimum atomic E-state index is 0.457. The van der Waals surface area contributed by atoms with Crippen LogP contribution >= 0.6 is 38.9 Å². The van der Waals surface area contributed by atoms with Gasteiger partial charge in [0.1, 0.15) is 0 Å². The molecule has 1 heterocycles. The highest BCUT2D eigenvalue weighted by Gasteiger charge is 2.11. The summed E-state index contributed by atoms with van der Waals surface area (Å²) in [4.78, 5) is 1.41. The zero-order valence-corrected chi connectivity index (χ0v) is 14.7. The summed E-state index contributed by atoms with van der Waals surface area (Å²) in [5.74, 6) is 0. The van der Waals surface area contributed by atoms with Crippen molar-refractivity contribution in [2.75, 3.05) is 6.54 Å². The number of hydrogen-bond acceptors (Lipinski definition) is 2. The molecule has 2 rings (SSSR count). The van der Waals surface area contributed by atoms with Crippen molar-refractivity contribution in [3.05, 3.63) is 55.6 Å². The molecule has 0 aliphatic carbocycles. The lowest BCUT2D eigenvalue weighted by Crippen LogP contribution is -2.33. The summed E-state index contributed by atoms with van der Waals surface area (Å²) in [5.41, 5.74) is 1.29. The van der Waals surface area contributed by atoms with Crippen molar-refractivity contribution in [1.82, 2.24) is 5.32 Å². The molecule has 1 unspecified atom stereocenters. The van der Waals surface area contributed by atoms with Gasteiger partial charge in [0, 0.05) is 15.9 Å². The van der Waals surface area contributed by atoms with E-state index >= 15 is 0 Å². The maximum absolute atomic E-state index is 6.07. The molecule has 0 spiro atoms. The van der Waals surface area contributed by atoms with Crippen molar-refractivity contribution in [1.29, 1.82) is 0 Å². The monoisotopic (exact) mass is 371 g/mol. The fourth-order valence-corrected chi connectivity index (χ4v) is 3.99. The molecule has 1 aromatic heterocycles. The number of benzene rings is 1. The van der Waals surface area contributed by atoms with Gasteiger partial charge in [0.25, 0.3) is 0 Å². The van der Waals surface area contributed by atoms with Gasteiger partial charge in [-0.3, -0.25) is 0 Å². The summed E-state index contributed by atoms with van der Waals surface area (Å²) in [5, 5.41) is 4.46. The molecule has 1 N–H and O–H groups in total. The van der Waals surface area contributed by atoms with Crippen LogP contribution in [0.4, 0.5) is 0 Å². The normalized spacial score (nSPS) is 12.6. The molecule has 0 saturated heterocycles. The first-order valence-corrected chi connectivity index (χ1v) is 8.88. The van der Waals surface area contributed by atoms with Gasteiger partial charge in [0.15, 0.2) is 0 Å². The van der Waals surface area contributed by atoms with Gasteiger partial charge in [-0.05, 0) is 71.6 Å². The fraction of sp³-hybridized carbons (Fsp3) is 0.375. The highest BCUT2D eigenvalue weighted by atomic mass is 79.9. The molecule has 0 radical (unpaired) electrons. The van der Waals surface area contributed by atoms with Crippen LogP contribution in [-0.4, -0.2) is 12.6 Å². The van der Waals surface area contributed by atoms with E-state index in [9.17, 15) is 0 Å². The van der Waals surface area contributed by atoms with Crippen molar-refractivity contribution in [3.8, 4) is 0 Å². The molecule has 0 saturated carbocycles. The van der Waals surface area contributed by atoms with E-state index in [0.717, 1.165) is 30.8 Å². The molecule has 20 heavy (non-hydrogen) atoms. The van der Waals surface area contributed by atoms with Crippen molar-refractivity contribution in [2.24, 2.45) is 0 Å². The third kappa shape index (κ3) is 5.21. The Labute approximate surface area is 138 Å². The van der Waals surface area contributed by atoms with Crippen LogP contribution in [0.3, 0.4) is 0 Å². The van der Waals surface area contributed by atoms with Crippen LogP contribution in [0.2, 0.25) is 5.02 Å². The SMILES string of the molecule is CCCNC(Cc1cccc(Cl)c1)Cc1ccc(Br)s1. The number of rotatable bonds is 7. The van der Waals surface area contributed by atoms with Gasteiger partial charge in [-0.25, -0.2) is 0 Å². The first kappa shape index (κ1) is 16.0. The van der Waals surface area contributed by atoms with E-state index in [4.69, 9.17) is 11.6 Å². The summed E-state index contributed by atoms with van der Waals surface area (Å²) in [7, 11) is 0. The average molecular weight is 373 g/mol. The standard InChI is InChI=1S/C16H19BrClNS/c1-2-8-19-14(11-15-6-7-16(17)20-15)10-12-4-3-5-13(18)9-12/h3-7,9,14,19H,2,8,10-11H2,1H3. The molecule has 0 aliphatic rings. The fourth-order valence-electron chi connectivity index (χ4n) is 2.22. The number of hydrogen-bond donors (Lipinski definition) is 1. The van der Waals surface area contributed by atoms with E-state index in [1.807, 2.05) is 23.5 Å². The molecule has 1 aromatic carbocycles. The smallest absolute Gasteiger partial charge is 0.0701 e. The Bertz CT molecular complexity index is 541. The molecule has 108 valence electrons. The Kier molecular flexibility index (Phi) is 6.56. The molecule has 0 fully saturated rings. The zero-order valence-electron chi connectivity index (χ0n) is 11.5. The molecule has 0 amide bonds. The highest BCUT2D eigenvalue weighted by molar-refractivity contribution is 9.11. The van der Waals surface area contributed by atoms with Gasteiger partial charge in [-0.2, -0.15) is 0 Å². The van der Waals surface area contributed by atoms with Gasteiger partial charge < -0.3 is 5.32 Å². The van der Waals surface area contributed by atoms with E-state index < -0.39 is 0 Å². The van der Waals surface area contributed by atoms with E-state index in [2.05, 4.69) is 52.4 Å². The Hall–Kier alpha value is -0.350. The van der Waals surface area contributed by atoms with Crippen molar-refractivity contribution in [3.63, 3.8) is 0 Å². The lowest BCUT2D eigenvalue weighted by Gasteiger charge is -2.18. The molecule has 1 atom stereocenters. The second-order valence-electron chi connectivity index (χ2n) is 4.90. The van der Waals surface area contributed by atoms with Crippen molar-refractivity contribution in [2.45, 2.75) is 32.2 Å². The molecular weight excluding hydrogens is 354 g/mol. The lowest BCUT2D eigenvalue weighted by molar-refractivity contribution is 0.507. The van der Waals surface area contributed by atoms with E-state index in [1.165, 1.54) is 14.2 Å². The Morgan fingerprint density at radius 2 is 2.10 bits per heavy atom. The third-order valence-corrected chi connectivity index (χ3v) is 5.01.